The zero-order chi connectivity index (χ0) is 26.1. The highest BCUT2D eigenvalue weighted by Gasteiger charge is 2.26. The Morgan fingerprint density at radius 3 is 2.32 bits per heavy atom. The van der Waals surface area contributed by atoms with Crippen molar-refractivity contribution >= 4 is 83.4 Å². The summed E-state index contributed by atoms with van der Waals surface area (Å²) in [6.45, 7) is 1.86. The number of nitrogens with zero attached hydrogens (tertiary/aromatic N) is 5. The van der Waals surface area contributed by atoms with E-state index in [4.69, 9.17) is 43.9 Å². The number of piperidine rings is 1. The maximum Gasteiger partial charge on any atom is 0.227 e. The van der Waals surface area contributed by atoms with Crippen molar-refractivity contribution in [3.8, 4) is 0 Å². The fourth-order valence-electron chi connectivity index (χ4n) is 6.36. The third-order valence-electron chi connectivity index (χ3n) is 8.64. The van der Waals surface area contributed by atoms with E-state index in [0.717, 1.165) is 90.6 Å². The zero-order valence-electron chi connectivity index (χ0n) is 23.1. The fourth-order valence-corrected chi connectivity index (χ4v) is 6.75. The lowest BCUT2D eigenvalue weighted by Crippen LogP contribution is -2.39. The first kappa shape index (κ1) is 34.2. The number of hydrazine groups is 1. The number of hydrogen-bond donors (Lipinski definition) is 3. The summed E-state index contributed by atoms with van der Waals surface area (Å²) >= 11 is 12.6. The Morgan fingerprint density at radius 2 is 1.61 bits per heavy atom. The molecule has 0 bridgehead atoms. The van der Waals surface area contributed by atoms with Crippen LogP contribution in [-0.4, -0.2) is 49.7 Å². The van der Waals surface area contributed by atoms with Gasteiger partial charge in [-0.05, 0) is 87.5 Å². The number of rotatable bonds is 7. The van der Waals surface area contributed by atoms with Crippen LogP contribution in [0, 0.1) is 5.92 Å². The molecule has 3 fully saturated rings. The number of nitrogens with two attached hydrogens (primary N) is 1. The standard InChI is InChI=1S/C28H38Cl2N8.3ClH/c29-20-5-10-24(30)19(16-20)15-18-11-13-37(14-12-18)36-26-25-27(38(17-32-25)23-3-1-2-4-23)35-28(34-26)33-22-8-6-21(31)7-9-22;;;/h5,10,16-18,21-23H,1-4,6-9,11-15,31H2,(H2,33,34,35,36);3*1H/t21-,22-;;;. The lowest BCUT2D eigenvalue weighted by molar-refractivity contribution is 0.216. The molecule has 4 N–H and O–H groups in total. The van der Waals surface area contributed by atoms with Gasteiger partial charge in [-0.3, -0.25) is 0 Å². The van der Waals surface area contributed by atoms with Crippen LogP contribution in [0.2, 0.25) is 10.0 Å². The van der Waals surface area contributed by atoms with Crippen molar-refractivity contribution in [1.82, 2.24) is 24.5 Å². The third-order valence-corrected chi connectivity index (χ3v) is 9.24. The maximum absolute atomic E-state index is 6.43. The van der Waals surface area contributed by atoms with E-state index >= 15 is 0 Å². The van der Waals surface area contributed by atoms with Crippen LogP contribution in [0.5, 0.6) is 0 Å². The smallest absolute Gasteiger partial charge is 0.227 e. The van der Waals surface area contributed by atoms with Crippen molar-refractivity contribution in [2.24, 2.45) is 11.7 Å². The Kier molecular flexibility index (Phi) is 12.9. The second-order valence-electron chi connectivity index (χ2n) is 11.4. The summed E-state index contributed by atoms with van der Waals surface area (Å²) in [6.07, 6.45) is 14.2. The zero-order valence-corrected chi connectivity index (χ0v) is 27.1. The summed E-state index contributed by atoms with van der Waals surface area (Å²) in [7, 11) is 0. The van der Waals surface area contributed by atoms with Gasteiger partial charge in [-0.25, -0.2) is 9.99 Å². The lowest BCUT2D eigenvalue weighted by atomic mass is 9.91. The molecule has 3 heterocycles. The molecule has 0 atom stereocenters. The number of halogens is 5. The highest BCUT2D eigenvalue weighted by atomic mass is 35.5. The number of fused-ring (bicyclic) bond motifs is 1. The minimum atomic E-state index is 0. The SMILES string of the molecule is Cl.Cl.Cl.N[C@H]1CC[C@H](Nc2nc(NN3CCC(Cc4cc(Cl)ccc4Cl)CC3)c3ncn(C4CCCC4)c3n2)CC1. The monoisotopic (exact) mass is 664 g/mol. The first-order chi connectivity index (χ1) is 18.5. The van der Waals surface area contributed by atoms with Gasteiger partial charge in [0.1, 0.15) is 0 Å². The van der Waals surface area contributed by atoms with Gasteiger partial charge in [-0.1, -0.05) is 36.0 Å². The number of nitrogens with one attached hydrogen (secondary N) is 2. The average molecular weight is 667 g/mol. The van der Waals surface area contributed by atoms with Crippen molar-refractivity contribution in [1.29, 1.82) is 0 Å². The molecule has 41 heavy (non-hydrogen) atoms. The molecule has 0 amide bonds. The molecule has 1 saturated heterocycles. The molecule has 0 radical (unpaired) electrons. The van der Waals surface area contributed by atoms with E-state index in [1.54, 1.807) is 0 Å². The van der Waals surface area contributed by atoms with E-state index in [0.29, 0.717) is 30.0 Å². The number of imidazole rings is 1. The Labute approximate surface area is 271 Å². The highest BCUT2D eigenvalue weighted by Crippen LogP contribution is 2.34. The van der Waals surface area contributed by atoms with Gasteiger partial charge in [0.25, 0.3) is 0 Å². The molecule has 13 heteroatoms. The number of hydrogen-bond acceptors (Lipinski definition) is 7. The van der Waals surface area contributed by atoms with Gasteiger partial charge in [0.15, 0.2) is 17.0 Å². The van der Waals surface area contributed by atoms with Gasteiger partial charge in [0.05, 0.1) is 6.33 Å². The Bertz CT molecular complexity index is 1250. The molecule has 3 aromatic rings. The lowest BCUT2D eigenvalue weighted by Gasteiger charge is -2.32. The quantitative estimate of drug-likeness (QED) is 0.241. The van der Waals surface area contributed by atoms with Gasteiger partial charge in [-0.2, -0.15) is 9.97 Å². The van der Waals surface area contributed by atoms with E-state index in [2.05, 4.69) is 20.3 Å². The summed E-state index contributed by atoms with van der Waals surface area (Å²) in [5.41, 5.74) is 12.7. The molecule has 1 aliphatic heterocycles. The number of aromatic nitrogens is 4. The van der Waals surface area contributed by atoms with Crippen LogP contribution in [0.4, 0.5) is 11.8 Å². The molecule has 0 spiro atoms. The Morgan fingerprint density at radius 1 is 0.902 bits per heavy atom. The topological polar surface area (TPSA) is 96.9 Å². The number of anilines is 2. The first-order valence-corrected chi connectivity index (χ1v) is 15.0. The maximum atomic E-state index is 6.43. The summed E-state index contributed by atoms with van der Waals surface area (Å²) < 4.78 is 2.28. The van der Waals surface area contributed by atoms with Crippen molar-refractivity contribution < 1.29 is 0 Å². The van der Waals surface area contributed by atoms with Gasteiger partial charge in [-0.15, -0.1) is 37.2 Å². The predicted octanol–water partition coefficient (Wildman–Crippen LogP) is 7.48. The van der Waals surface area contributed by atoms with E-state index in [9.17, 15) is 0 Å². The van der Waals surface area contributed by atoms with E-state index in [1.165, 1.54) is 25.7 Å². The third kappa shape index (κ3) is 8.22. The predicted molar refractivity (Wildman–Crippen MR) is 177 cm³/mol. The molecule has 3 aliphatic rings. The van der Waals surface area contributed by atoms with E-state index in [1.807, 2.05) is 24.5 Å². The van der Waals surface area contributed by atoms with Crippen molar-refractivity contribution in [3.63, 3.8) is 0 Å². The minimum absolute atomic E-state index is 0. The van der Waals surface area contributed by atoms with Gasteiger partial charge < -0.3 is 21.0 Å². The molecule has 2 aliphatic carbocycles. The minimum Gasteiger partial charge on any atom is -0.351 e. The van der Waals surface area contributed by atoms with Crippen LogP contribution in [0.25, 0.3) is 11.2 Å². The normalized spacial score (nSPS) is 22.0. The van der Waals surface area contributed by atoms with E-state index in [-0.39, 0.29) is 37.2 Å². The van der Waals surface area contributed by atoms with Gasteiger partial charge >= 0.3 is 0 Å². The Hall–Kier alpha value is -1.26. The van der Waals surface area contributed by atoms with Crippen LogP contribution in [0.15, 0.2) is 24.5 Å². The summed E-state index contributed by atoms with van der Waals surface area (Å²) in [6, 6.07) is 6.89. The molecular formula is C28H41Cl5N8. The fraction of sp³-hybridized carbons (Fsp3) is 0.607. The van der Waals surface area contributed by atoms with Gasteiger partial charge in [0.2, 0.25) is 5.95 Å². The van der Waals surface area contributed by atoms with Crippen LogP contribution in [0.1, 0.15) is 75.8 Å². The van der Waals surface area contributed by atoms with Crippen LogP contribution in [-0.2, 0) is 6.42 Å². The second-order valence-corrected chi connectivity index (χ2v) is 12.2. The van der Waals surface area contributed by atoms with Crippen LogP contribution < -0.4 is 16.5 Å². The average Bonchev–Trinajstić information content (AvgIpc) is 3.59. The van der Waals surface area contributed by atoms with Crippen LogP contribution in [0.3, 0.4) is 0 Å². The molecule has 0 unspecified atom stereocenters. The molecule has 2 aromatic heterocycles. The molecule has 8 nitrogen and oxygen atoms in total. The first-order valence-electron chi connectivity index (χ1n) is 14.2. The molecular weight excluding hydrogens is 626 g/mol. The summed E-state index contributed by atoms with van der Waals surface area (Å²) in [4.78, 5) is 14.7. The largest absolute Gasteiger partial charge is 0.351 e. The van der Waals surface area contributed by atoms with E-state index < -0.39 is 0 Å². The summed E-state index contributed by atoms with van der Waals surface area (Å²) in [5.74, 6) is 2.05. The summed E-state index contributed by atoms with van der Waals surface area (Å²) in [5, 5.41) is 7.44. The van der Waals surface area contributed by atoms with Crippen LogP contribution >= 0.6 is 60.4 Å². The van der Waals surface area contributed by atoms with Crippen molar-refractivity contribution in [2.45, 2.75) is 88.8 Å². The Balaban J connectivity index is 0.00000154. The highest BCUT2D eigenvalue weighted by molar-refractivity contribution is 6.33. The molecule has 228 valence electrons. The second kappa shape index (κ2) is 15.5. The van der Waals surface area contributed by atoms with Crippen molar-refractivity contribution in [2.75, 3.05) is 23.8 Å². The number of benzene rings is 1. The van der Waals surface area contributed by atoms with Gasteiger partial charge in [0, 0.05) is 41.3 Å². The molecule has 2 saturated carbocycles. The molecule has 1 aromatic carbocycles. The molecule has 6 rings (SSSR count). The van der Waals surface area contributed by atoms with Crippen molar-refractivity contribution in [3.05, 3.63) is 40.1 Å².